The second-order valence-electron chi connectivity index (χ2n) is 4.78. The number of rotatable bonds is 3. The predicted octanol–water partition coefficient (Wildman–Crippen LogP) is 3.87. The van der Waals surface area contributed by atoms with Crippen molar-refractivity contribution in [2.75, 3.05) is 20.0 Å². The number of hydrogen-bond acceptors (Lipinski definition) is 5. The van der Waals surface area contributed by atoms with Crippen molar-refractivity contribution >= 4 is 27.2 Å². The number of methoxy groups -OCH3 is 2. The highest BCUT2D eigenvalue weighted by atomic mass is 32.1. The molecule has 0 saturated carbocycles. The van der Waals surface area contributed by atoms with Gasteiger partial charge in [-0.2, -0.15) is 0 Å². The summed E-state index contributed by atoms with van der Waals surface area (Å²) in [6, 6.07) is 9.89. The van der Waals surface area contributed by atoms with E-state index < -0.39 is 0 Å². The zero-order chi connectivity index (χ0) is 15.0. The Balaban J connectivity index is 2.17. The van der Waals surface area contributed by atoms with Gasteiger partial charge in [0.15, 0.2) is 11.5 Å². The molecule has 2 N–H and O–H groups in total. The van der Waals surface area contributed by atoms with Gasteiger partial charge in [-0.25, -0.2) is 4.98 Å². The van der Waals surface area contributed by atoms with Crippen LogP contribution in [-0.4, -0.2) is 19.2 Å². The number of hydrogen-bond donors (Lipinski definition) is 1. The normalized spacial score (nSPS) is 10.8. The van der Waals surface area contributed by atoms with Crippen LogP contribution in [0.5, 0.6) is 11.5 Å². The van der Waals surface area contributed by atoms with Gasteiger partial charge in [0, 0.05) is 17.3 Å². The molecule has 1 heterocycles. The van der Waals surface area contributed by atoms with E-state index in [0.717, 1.165) is 20.8 Å². The summed E-state index contributed by atoms with van der Waals surface area (Å²) in [6.07, 6.45) is 0. The van der Waals surface area contributed by atoms with Gasteiger partial charge in [0.05, 0.1) is 24.4 Å². The van der Waals surface area contributed by atoms with E-state index >= 15 is 0 Å². The molecule has 0 saturated heterocycles. The van der Waals surface area contributed by atoms with Gasteiger partial charge in [0.25, 0.3) is 0 Å². The molecule has 0 spiro atoms. The number of nitrogens with zero attached hydrogens (tertiary/aromatic N) is 1. The molecule has 0 aliphatic rings. The lowest BCUT2D eigenvalue weighted by Crippen LogP contribution is -1.95. The maximum absolute atomic E-state index is 6.14. The van der Waals surface area contributed by atoms with Crippen LogP contribution in [0.4, 0.5) is 5.69 Å². The molecular weight excluding hydrogens is 284 g/mol. The highest BCUT2D eigenvalue weighted by molar-refractivity contribution is 7.21. The molecule has 108 valence electrons. The van der Waals surface area contributed by atoms with E-state index in [1.165, 1.54) is 5.56 Å². The van der Waals surface area contributed by atoms with E-state index in [2.05, 4.69) is 30.1 Å². The van der Waals surface area contributed by atoms with Crippen molar-refractivity contribution in [3.63, 3.8) is 0 Å². The fourth-order valence-corrected chi connectivity index (χ4v) is 3.22. The molecule has 0 bridgehead atoms. The van der Waals surface area contributed by atoms with Crippen LogP contribution >= 0.6 is 11.3 Å². The number of benzene rings is 2. The predicted molar refractivity (Wildman–Crippen MR) is 87.3 cm³/mol. The van der Waals surface area contributed by atoms with Crippen LogP contribution in [0, 0.1) is 6.92 Å². The Morgan fingerprint density at radius 3 is 2.48 bits per heavy atom. The quantitative estimate of drug-likeness (QED) is 0.746. The van der Waals surface area contributed by atoms with Crippen LogP contribution in [0.25, 0.3) is 20.8 Å². The van der Waals surface area contributed by atoms with E-state index in [4.69, 9.17) is 15.2 Å². The maximum Gasteiger partial charge on any atom is 0.162 e. The maximum atomic E-state index is 6.14. The van der Waals surface area contributed by atoms with Gasteiger partial charge in [-0.15, -0.1) is 11.3 Å². The lowest BCUT2D eigenvalue weighted by Gasteiger charge is -2.10. The van der Waals surface area contributed by atoms with E-state index in [1.807, 2.05) is 6.07 Å². The first kappa shape index (κ1) is 13.7. The molecule has 21 heavy (non-hydrogen) atoms. The van der Waals surface area contributed by atoms with E-state index in [-0.39, 0.29) is 0 Å². The number of anilines is 1. The Hall–Kier alpha value is -2.27. The second-order valence-corrected chi connectivity index (χ2v) is 5.82. The van der Waals surface area contributed by atoms with Gasteiger partial charge in [-0.3, -0.25) is 0 Å². The highest BCUT2D eigenvalue weighted by Gasteiger charge is 2.14. The fraction of sp³-hybridized carbons (Fsp3) is 0.188. The molecule has 1 aromatic heterocycles. The van der Waals surface area contributed by atoms with Gasteiger partial charge >= 0.3 is 0 Å². The summed E-state index contributed by atoms with van der Waals surface area (Å²) in [5, 5.41) is 0.883. The SMILES string of the molecule is COc1cc(N)c(-c2nc3cc(C)ccc3s2)cc1OC. The van der Waals surface area contributed by atoms with Crippen molar-refractivity contribution in [3.05, 3.63) is 35.9 Å². The van der Waals surface area contributed by atoms with Crippen molar-refractivity contribution in [1.82, 2.24) is 4.98 Å². The third-order valence-corrected chi connectivity index (χ3v) is 4.40. The zero-order valence-electron chi connectivity index (χ0n) is 12.1. The van der Waals surface area contributed by atoms with E-state index in [0.29, 0.717) is 17.2 Å². The smallest absolute Gasteiger partial charge is 0.162 e. The average molecular weight is 300 g/mol. The minimum atomic E-state index is 0.621. The van der Waals surface area contributed by atoms with Crippen LogP contribution in [0.2, 0.25) is 0 Å². The van der Waals surface area contributed by atoms with E-state index in [9.17, 15) is 0 Å². The Bertz CT molecular complexity index is 811. The van der Waals surface area contributed by atoms with Gasteiger partial charge in [0.1, 0.15) is 5.01 Å². The van der Waals surface area contributed by atoms with Gasteiger partial charge in [-0.1, -0.05) is 6.07 Å². The molecule has 0 aliphatic carbocycles. The molecule has 0 atom stereocenters. The van der Waals surface area contributed by atoms with E-state index in [1.54, 1.807) is 31.6 Å². The number of aromatic nitrogens is 1. The molecule has 2 aromatic carbocycles. The third kappa shape index (κ3) is 2.40. The number of nitrogen functional groups attached to an aromatic ring is 1. The van der Waals surface area contributed by atoms with Crippen molar-refractivity contribution in [3.8, 4) is 22.1 Å². The van der Waals surface area contributed by atoms with Crippen molar-refractivity contribution in [2.45, 2.75) is 6.92 Å². The standard InChI is InChI=1S/C16H16N2O2S/c1-9-4-5-15-12(6-9)18-16(21-15)10-7-13(19-2)14(20-3)8-11(10)17/h4-8H,17H2,1-3H3. The van der Waals surface area contributed by atoms with Gasteiger partial charge in [0.2, 0.25) is 0 Å². The number of thiazole rings is 1. The lowest BCUT2D eigenvalue weighted by atomic mass is 10.1. The first-order valence-corrected chi connectivity index (χ1v) is 7.33. The molecule has 0 amide bonds. The Morgan fingerprint density at radius 2 is 1.76 bits per heavy atom. The summed E-state index contributed by atoms with van der Waals surface area (Å²) in [6.45, 7) is 2.06. The summed E-state index contributed by atoms with van der Waals surface area (Å²) >= 11 is 1.62. The molecular formula is C16H16N2O2S. The molecule has 0 unspecified atom stereocenters. The molecule has 0 aliphatic heterocycles. The third-order valence-electron chi connectivity index (χ3n) is 3.33. The topological polar surface area (TPSA) is 57.4 Å². The van der Waals surface area contributed by atoms with Crippen LogP contribution in [-0.2, 0) is 0 Å². The fourth-order valence-electron chi connectivity index (χ4n) is 2.23. The summed E-state index contributed by atoms with van der Waals surface area (Å²) in [5.74, 6) is 1.27. The number of aryl methyl sites for hydroxylation is 1. The van der Waals surface area contributed by atoms with Gasteiger partial charge < -0.3 is 15.2 Å². The summed E-state index contributed by atoms with van der Waals surface area (Å²) in [5.41, 5.74) is 9.81. The lowest BCUT2D eigenvalue weighted by molar-refractivity contribution is 0.355. The minimum Gasteiger partial charge on any atom is -0.493 e. The van der Waals surface area contributed by atoms with Crippen molar-refractivity contribution in [1.29, 1.82) is 0 Å². The zero-order valence-corrected chi connectivity index (χ0v) is 13.0. The number of nitrogens with two attached hydrogens (primary N) is 1. The molecule has 3 rings (SSSR count). The summed E-state index contributed by atoms with van der Waals surface area (Å²) in [7, 11) is 3.21. The van der Waals surface area contributed by atoms with Crippen LogP contribution < -0.4 is 15.2 Å². The van der Waals surface area contributed by atoms with Crippen LogP contribution in [0.1, 0.15) is 5.56 Å². The number of fused-ring (bicyclic) bond motifs is 1. The molecule has 0 radical (unpaired) electrons. The first-order chi connectivity index (χ1) is 10.1. The molecule has 3 aromatic rings. The monoisotopic (exact) mass is 300 g/mol. The molecule has 0 fully saturated rings. The van der Waals surface area contributed by atoms with Crippen LogP contribution in [0.3, 0.4) is 0 Å². The van der Waals surface area contributed by atoms with Crippen LogP contribution in [0.15, 0.2) is 30.3 Å². The molecule has 5 heteroatoms. The second kappa shape index (κ2) is 5.26. The Morgan fingerprint density at radius 1 is 1.05 bits per heavy atom. The number of ether oxygens (including phenoxy) is 2. The van der Waals surface area contributed by atoms with Crippen molar-refractivity contribution in [2.24, 2.45) is 0 Å². The average Bonchev–Trinajstić information content (AvgIpc) is 2.89. The summed E-state index contributed by atoms with van der Waals surface area (Å²) < 4.78 is 11.7. The minimum absolute atomic E-state index is 0.621. The highest BCUT2D eigenvalue weighted by Crippen LogP contribution is 2.40. The summed E-state index contributed by atoms with van der Waals surface area (Å²) in [4.78, 5) is 4.68. The molecule has 4 nitrogen and oxygen atoms in total. The first-order valence-electron chi connectivity index (χ1n) is 6.51. The largest absolute Gasteiger partial charge is 0.493 e. The Labute approximate surface area is 127 Å². The van der Waals surface area contributed by atoms with Gasteiger partial charge in [-0.05, 0) is 30.7 Å². The van der Waals surface area contributed by atoms with Crippen molar-refractivity contribution < 1.29 is 9.47 Å². The Kier molecular flexibility index (Phi) is 3.43.